The Balaban J connectivity index is 2.12. The minimum atomic E-state index is 0.393. The van der Waals surface area contributed by atoms with Gasteiger partial charge in [0.25, 0.3) is 0 Å². The SMILES string of the molecule is CCCCc1ccc2c(c1)OCOC2. The summed E-state index contributed by atoms with van der Waals surface area (Å²) in [5, 5.41) is 0. The molecule has 1 aromatic carbocycles. The van der Waals surface area contributed by atoms with E-state index in [0.717, 1.165) is 17.7 Å². The second kappa shape index (κ2) is 4.47. The Morgan fingerprint density at radius 2 is 2.29 bits per heavy atom. The highest BCUT2D eigenvalue weighted by molar-refractivity contribution is 5.37. The number of hydrogen-bond acceptors (Lipinski definition) is 2. The normalized spacial score (nSPS) is 14.6. The smallest absolute Gasteiger partial charge is 0.189 e. The van der Waals surface area contributed by atoms with Gasteiger partial charge in [0.05, 0.1) is 6.61 Å². The Hall–Kier alpha value is -1.02. The molecule has 2 rings (SSSR count). The van der Waals surface area contributed by atoms with E-state index in [2.05, 4.69) is 25.1 Å². The molecule has 0 amide bonds. The summed E-state index contributed by atoms with van der Waals surface area (Å²) in [4.78, 5) is 0. The average Bonchev–Trinajstić information content (AvgIpc) is 2.26. The zero-order valence-corrected chi connectivity index (χ0v) is 8.58. The van der Waals surface area contributed by atoms with Crippen LogP contribution in [0.15, 0.2) is 18.2 Å². The van der Waals surface area contributed by atoms with Gasteiger partial charge in [0, 0.05) is 5.56 Å². The lowest BCUT2D eigenvalue weighted by molar-refractivity contribution is -0.0164. The monoisotopic (exact) mass is 192 g/mol. The van der Waals surface area contributed by atoms with Crippen molar-refractivity contribution in [2.75, 3.05) is 6.79 Å². The van der Waals surface area contributed by atoms with Gasteiger partial charge >= 0.3 is 0 Å². The van der Waals surface area contributed by atoms with Crippen molar-refractivity contribution in [3.63, 3.8) is 0 Å². The first-order valence-corrected chi connectivity index (χ1v) is 5.22. The number of hydrogen-bond donors (Lipinski definition) is 0. The lowest BCUT2D eigenvalue weighted by Crippen LogP contribution is -2.11. The van der Waals surface area contributed by atoms with Crippen LogP contribution in [0.1, 0.15) is 30.9 Å². The van der Waals surface area contributed by atoms with Crippen LogP contribution in [0.4, 0.5) is 0 Å². The van der Waals surface area contributed by atoms with Crippen molar-refractivity contribution in [2.45, 2.75) is 32.8 Å². The van der Waals surface area contributed by atoms with E-state index in [9.17, 15) is 0 Å². The molecule has 0 radical (unpaired) electrons. The van der Waals surface area contributed by atoms with Crippen LogP contribution in [0, 0.1) is 0 Å². The van der Waals surface area contributed by atoms with Crippen LogP contribution in [0.2, 0.25) is 0 Å². The van der Waals surface area contributed by atoms with Gasteiger partial charge in [-0.3, -0.25) is 0 Å². The summed E-state index contributed by atoms with van der Waals surface area (Å²) in [6, 6.07) is 6.43. The summed E-state index contributed by atoms with van der Waals surface area (Å²) in [5.74, 6) is 1.00. The number of rotatable bonds is 3. The number of benzene rings is 1. The molecule has 1 aliphatic heterocycles. The Morgan fingerprint density at radius 3 is 3.14 bits per heavy atom. The lowest BCUT2D eigenvalue weighted by atomic mass is 10.1. The van der Waals surface area contributed by atoms with E-state index < -0.39 is 0 Å². The molecule has 0 aliphatic carbocycles. The molecule has 0 aromatic heterocycles. The molecule has 1 aromatic rings. The second-order valence-corrected chi connectivity index (χ2v) is 3.66. The van der Waals surface area contributed by atoms with Gasteiger partial charge in [0.1, 0.15) is 5.75 Å². The van der Waals surface area contributed by atoms with Crippen molar-refractivity contribution in [1.29, 1.82) is 0 Å². The summed E-state index contributed by atoms with van der Waals surface area (Å²) in [5.41, 5.74) is 2.53. The van der Waals surface area contributed by atoms with E-state index in [0.29, 0.717) is 13.4 Å². The maximum Gasteiger partial charge on any atom is 0.189 e. The van der Waals surface area contributed by atoms with Crippen molar-refractivity contribution >= 4 is 0 Å². The van der Waals surface area contributed by atoms with Crippen LogP contribution in [-0.2, 0) is 17.8 Å². The molecule has 2 nitrogen and oxygen atoms in total. The number of aryl methyl sites for hydroxylation is 1. The van der Waals surface area contributed by atoms with Crippen LogP contribution in [0.25, 0.3) is 0 Å². The van der Waals surface area contributed by atoms with Gasteiger partial charge in [-0.05, 0) is 24.5 Å². The summed E-state index contributed by atoms with van der Waals surface area (Å²) >= 11 is 0. The summed E-state index contributed by atoms with van der Waals surface area (Å²) in [7, 11) is 0. The standard InChI is InChI=1S/C12H16O2/c1-2-3-4-10-5-6-11-8-13-9-14-12(11)7-10/h5-7H,2-4,8-9H2,1H3. The topological polar surface area (TPSA) is 18.5 Å². The molecule has 0 atom stereocenters. The summed E-state index contributed by atoms with van der Waals surface area (Å²) in [6.45, 7) is 3.29. The molecule has 0 spiro atoms. The molecule has 0 fully saturated rings. The molecular weight excluding hydrogens is 176 g/mol. The van der Waals surface area contributed by atoms with Crippen molar-refractivity contribution in [3.05, 3.63) is 29.3 Å². The summed E-state index contributed by atoms with van der Waals surface area (Å²) in [6.07, 6.45) is 3.63. The molecule has 2 heteroatoms. The van der Waals surface area contributed by atoms with Gasteiger partial charge in [-0.2, -0.15) is 0 Å². The van der Waals surface area contributed by atoms with Crippen LogP contribution >= 0.6 is 0 Å². The highest BCUT2D eigenvalue weighted by Crippen LogP contribution is 2.25. The fourth-order valence-corrected chi connectivity index (χ4v) is 1.65. The molecule has 0 saturated heterocycles. The first kappa shape index (κ1) is 9.53. The van der Waals surface area contributed by atoms with Gasteiger partial charge in [0.2, 0.25) is 0 Å². The average molecular weight is 192 g/mol. The van der Waals surface area contributed by atoms with E-state index in [1.807, 2.05) is 0 Å². The minimum Gasteiger partial charge on any atom is -0.467 e. The zero-order valence-electron chi connectivity index (χ0n) is 8.58. The molecule has 0 bridgehead atoms. The first-order valence-electron chi connectivity index (χ1n) is 5.22. The fourth-order valence-electron chi connectivity index (χ4n) is 1.65. The second-order valence-electron chi connectivity index (χ2n) is 3.66. The van der Waals surface area contributed by atoms with Crippen molar-refractivity contribution in [1.82, 2.24) is 0 Å². The highest BCUT2D eigenvalue weighted by atomic mass is 16.7. The predicted octanol–water partition coefficient (Wildman–Crippen LogP) is 2.90. The van der Waals surface area contributed by atoms with E-state index in [1.54, 1.807) is 0 Å². The van der Waals surface area contributed by atoms with E-state index >= 15 is 0 Å². The number of ether oxygens (including phenoxy) is 2. The molecule has 0 saturated carbocycles. The van der Waals surface area contributed by atoms with Crippen LogP contribution in [-0.4, -0.2) is 6.79 Å². The van der Waals surface area contributed by atoms with Crippen LogP contribution in [0.3, 0.4) is 0 Å². The third-order valence-electron chi connectivity index (χ3n) is 2.51. The highest BCUT2D eigenvalue weighted by Gasteiger charge is 2.10. The third-order valence-corrected chi connectivity index (χ3v) is 2.51. The van der Waals surface area contributed by atoms with Gasteiger partial charge in [-0.1, -0.05) is 25.5 Å². The quantitative estimate of drug-likeness (QED) is 0.733. The Labute approximate surface area is 84.8 Å². The summed E-state index contributed by atoms with van der Waals surface area (Å²) < 4.78 is 10.6. The number of unbranched alkanes of at least 4 members (excludes halogenated alkanes) is 1. The van der Waals surface area contributed by atoms with Crippen LogP contribution < -0.4 is 4.74 Å². The van der Waals surface area contributed by atoms with E-state index in [-0.39, 0.29) is 0 Å². The van der Waals surface area contributed by atoms with Gasteiger partial charge in [-0.15, -0.1) is 0 Å². The Morgan fingerprint density at radius 1 is 1.36 bits per heavy atom. The third kappa shape index (κ3) is 2.07. The molecular formula is C12H16O2. The largest absolute Gasteiger partial charge is 0.467 e. The molecule has 1 heterocycles. The Kier molecular flexibility index (Phi) is 3.04. The maximum absolute atomic E-state index is 5.42. The Bertz CT molecular complexity index is 307. The van der Waals surface area contributed by atoms with Gasteiger partial charge in [-0.25, -0.2) is 0 Å². The van der Waals surface area contributed by atoms with Crippen LogP contribution in [0.5, 0.6) is 5.75 Å². The molecule has 0 N–H and O–H groups in total. The lowest BCUT2D eigenvalue weighted by Gasteiger charge is -2.18. The molecule has 14 heavy (non-hydrogen) atoms. The predicted molar refractivity (Wildman–Crippen MR) is 55.3 cm³/mol. The maximum atomic E-state index is 5.42. The van der Waals surface area contributed by atoms with Crippen molar-refractivity contribution in [3.8, 4) is 5.75 Å². The molecule has 76 valence electrons. The minimum absolute atomic E-state index is 0.393. The number of fused-ring (bicyclic) bond motifs is 1. The fraction of sp³-hybridized carbons (Fsp3) is 0.500. The van der Waals surface area contributed by atoms with Crippen molar-refractivity contribution in [2.24, 2.45) is 0 Å². The van der Waals surface area contributed by atoms with Gasteiger partial charge < -0.3 is 9.47 Å². The van der Waals surface area contributed by atoms with E-state index in [4.69, 9.17) is 9.47 Å². The molecule has 0 unspecified atom stereocenters. The zero-order chi connectivity index (χ0) is 9.80. The first-order chi connectivity index (χ1) is 6.90. The van der Waals surface area contributed by atoms with E-state index in [1.165, 1.54) is 18.4 Å². The molecule has 1 aliphatic rings. The van der Waals surface area contributed by atoms with Crippen molar-refractivity contribution < 1.29 is 9.47 Å². The van der Waals surface area contributed by atoms with Gasteiger partial charge in [0.15, 0.2) is 6.79 Å².